The van der Waals surface area contributed by atoms with Crippen LogP contribution in [0, 0.1) is 5.92 Å². The fourth-order valence-electron chi connectivity index (χ4n) is 4.72. The van der Waals surface area contributed by atoms with Gasteiger partial charge in [-0.3, -0.25) is 4.79 Å². The normalized spacial score (nSPS) is 19.7. The van der Waals surface area contributed by atoms with E-state index < -0.39 is 0 Å². The molecule has 2 aliphatic rings. The lowest BCUT2D eigenvalue weighted by Gasteiger charge is -2.31. The van der Waals surface area contributed by atoms with Gasteiger partial charge in [0.25, 0.3) is 0 Å². The number of likely N-dealkylation sites (tertiary alicyclic amines) is 1. The summed E-state index contributed by atoms with van der Waals surface area (Å²) in [6.07, 6.45) is 12.1. The lowest BCUT2D eigenvalue weighted by Crippen LogP contribution is -2.43. The number of fused-ring (bicyclic) bond motifs is 1. The van der Waals surface area contributed by atoms with Crippen molar-refractivity contribution < 1.29 is 4.79 Å². The zero-order chi connectivity index (χ0) is 18.6. The number of nitrogens with one attached hydrogen (secondary N) is 1. The van der Waals surface area contributed by atoms with Crippen molar-refractivity contribution in [3.8, 4) is 0 Å². The molecule has 1 aliphatic heterocycles. The summed E-state index contributed by atoms with van der Waals surface area (Å²) in [4.78, 5) is 19.5. The minimum absolute atomic E-state index is 0.216. The van der Waals surface area contributed by atoms with E-state index in [4.69, 9.17) is 0 Å². The Morgan fingerprint density at radius 3 is 2.74 bits per heavy atom. The molecule has 0 spiro atoms. The Morgan fingerprint density at radius 2 is 2.00 bits per heavy atom. The van der Waals surface area contributed by atoms with Crippen molar-refractivity contribution in [2.75, 3.05) is 19.6 Å². The second kappa shape index (κ2) is 8.42. The summed E-state index contributed by atoms with van der Waals surface area (Å²) in [6, 6.07) is 4.66. The third-order valence-corrected chi connectivity index (χ3v) is 6.41. The second-order valence-corrected chi connectivity index (χ2v) is 8.17. The zero-order valence-electron chi connectivity index (χ0n) is 16.5. The maximum Gasteiger partial charge on any atom is 0.223 e. The Morgan fingerprint density at radius 1 is 1.22 bits per heavy atom. The fraction of sp³-hybridized carbons (Fsp3) is 0.636. The van der Waals surface area contributed by atoms with Crippen molar-refractivity contribution in [3.63, 3.8) is 0 Å². The standard InChI is InChI=1S/C22H32N4O/c1-2-26-16-18(20-8-5-12-23-21(20)26)11-15-25-13-9-17(10-14-25)22(27)24-19-6-3-4-7-19/h5,8,12,16-17,19H,2-4,6-7,9-11,13-15H2,1H3,(H,24,27). The van der Waals surface area contributed by atoms with Crippen LogP contribution in [0.4, 0.5) is 0 Å². The molecular formula is C22H32N4O. The first kappa shape index (κ1) is 18.5. The highest BCUT2D eigenvalue weighted by molar-refractivity contribution is 5.80. The molecule has 0 unspecified atom stereocenters. The quantitative estimate of drug-likeness (QED) is 0.850. The van der Waals surface area contributed by atoms with Gasteiger partial charge in [-0.15, -0.1) is 0 Å². The molecule has 3 heterocycles. The number of pyridine rings is 1. The second-order valence-electron chi connectivity index (χ2n) is 8.17. The van der Waals surface area contributed by atoms with E-state index >= 15 is 0 Å². The number of nitrogens with zero attached hydrogens (tertiary/aromatic N) is 3. The molecule has 5 heteroatoms. The van der Waals surface area contributed by atoms with Crippen molar-refractivity contribution in [1.29, 1.82) is 0 Å². The van der Waals surface area contributed by atoms with Crippen LogP contribution in [-0.4, -0.2) is 46.0 Å². The lowest BCUT2D eigenvalue weighted by molar-refractivity contribution is -0.127. The maximum atomic E-state index is 12.5. The number of hydrogen-bond acceptors (Lipinski definition) is 3. The van der Waals surface area contributed by atoms with Gasteiger partial charge in [0.1, 0.15) is 5.65 Å². The van der Waals surface area contributed by atoms with Gasteiger partial charge in [-0.1, -0.05) is 12.8 Å². The topological polar surface area (TPSA) is 50.2 Å². The zero-order valence-corrected chi connectivity index (χ0v) is 16.5. The number of piperidine rings is 1. The van der Waals surface area contributed by atoms with E-state index in [0.717, 1.165) is 51.1 Å². The first-order valence-corrected chi connectivity index (χ1v) is 10.7. The number of carbonyl (C=O) groups is 1. The van der Waals surface area contributed by atoms with Crippen LogP contribution < -0.4 is 5.32 Å². The van der Waals surface area contributed by atoms with Crippen molar-refractivity contribution in [2.24, 2.45) is 5.92 Å². The van der Waals surface area contributed by atoms with Crippen LogP contribution in [0.3, 0.4) is 0 Å². The van der Waals surface area contributed by atoms with Crippen molar-refractivity contribution in [2.45, 2.75) is 64.5 Å². The van der Waals surface area contributed by atoms with E-state index in [1.54, 1.807) is 0 Å². The third kappa shape index (κ3) is 4.18. The molecule has 0 radical (unpaired) electrons. The summed E-state index contributed by atoms with van der Waals surface area (Å²) in [6.45, 7) is 6.25. The molecule has 1 saturated heterocycles. The minimum atomic E-state index is 0.216. The van der Waals surface area contributed by atoms with Gasteiger partial charge in [-0.25, -0.2) is 4.98 Å². The first-order chi connectivity index (χ1) is 13.2. The molecule has 1 saturated carbocycles. The van der Waals surface area contributed by atoms with E-state index in [9.17, 15) is 4.79 Å². The Bertz CT molecular complexity index is 770. The summed E-state index contributed by atoms with van der Waals surface area (Å²) in [5.41, 5.74) is 2.48. The molecular weight excluding hydrogens is 336 g/mol. The van der Waals surface area contributed by atoms with Gasteiger partial charge in [-0.05, 0) is 69.8 Å². The predicted octanol–water partition coefficient (Wildman–Crippen LogP) is 3.37. The molecule has 1 N–H and O–H groups in total. The Kier molecular flexibility index (Phi) is 5.77. The number of hydrogen-bond donors (Lipinski definition) is 1. The van der Waals surface area contributed by atoms with Gasteiger partial charge >= 0.3 is 0 Å². The molecule has 1 amide bonds. The van der Waals surface area contributed by atoms with E-state index in [1.807, 2.05) is 12.3 Å². The van der Waals surface area contributed by atoms with Gasteiger partial charge < -0.3 is 14.8 Å². The van der Waals surface area contributed by atoms with E-state index in [-0.39, 0.29) is 5.92 Å². The predicted molar refractivity (Wildman–Crippen MR) is 109 cm³/mol. The van der Waals surface area contributed by atoms with E-state index in [2.05, 4.69) is 39.0 Å². The summed E-state index contributed by atoms with van der Waals surface area (Å²) in [5, 5.41) is 4.57. The summed E-state index contributed by atoms with van der Waals surface area (Å²) < 4.78 is 2.24. The molecule has 0 aromatic carbocycles. The molecule has 0 bridgehead atoms. The molecule has 2 aromatic rings. The summed E-state index contributed by atoms with van der Waals surface area (Å²) in [5.74, 6) is 0.520. The van der Waals surface area contributed by atoms with Gasteiger partial charge in [0.15, 0.2) is 0 Å². The van der Waals surface area contributed by atoms with Crippen LogP contribution in [-0.2, 0) is 17.8 Å². The Balaban J connectivity index is 1.28. The SMILES string of the molecule is CCn1cc(CCN2CCC(C(=O)NC3CCCC3)CC2)c2cccnc21. The largest absolute Gasteiger partial charge is 0.353 e. The highest BCUT2D eigenvalue weighted by Crippen LogP contribution is 2.23. The van der Waals surface area contributed by atoms with Crippen LogP contribution in [0.15, 0.2) is 24.5 Å². The van der Waals surface area contributed by atoms with Crippen LogP contribution in [0.5, 0.6) is 0 Å². The van der Waals surface area contributed by atoms with Gasteiger partial charge in [-0.2, -0.15) is 0 Å². The van der Waals surface area contributed by atoms with Gasteiger partial charge in [0, 0.05) is 42.8 Å². The van der Waals surface area contributed by atoms with Crippen LogP contribution in [0.25, 0.3) is 11.0 Å². The Labute approximate surface area is 162 Å². The number of rotatable bonds is 6. The minimum Gasteiger partial charge on any atom is -0.353 e. The highest BCUT2D eigenvalue weighted by Gasteiger charge is 2.27. The number of aryl methyl sites for hydroxylation is 1. The monoisotopic (exact) mass is 368 g/mol. The first-order valence-electron chi connectivity index (χ1n) is 10.7. The van der Waals surface area contributed by atoms with E-state index in [0.29, 0.717) is 11.9 Å². The molecule has 0 atom stereocenters. The van der Waals surface area contributed by atoms with Crippen LogP contribution in [0.1, 0.15) is 51.0 Å². The molecule has 146 valence electrons. The molecule has 2 fully saturated rings. The molecule has 1 aliphatic carbocycles. The lowest BCUT2D eigenvalue weighted by atomic mass is 9.95. The number of carbonyl (C=O) groups excluding carboxylic acids is 1. The average Bonchev–Trinajstić information content (AvgIpc) is 3.34. The number of aromatic nitrogens is 2. The molecule has 27 heavy (non-hydrogen) atoms. The average molecular weight is 369 g/mol. The Hall–Kier alpha value is -1.88. The van der Waals surface area contributed by atoms with Crippen LogP contribution in [0.2, 0.25) is 0 Å². The molecule has 5 nitrogen and oxygen atoms in total. The highest BCUT2D eigenvalue weighted by atomic mass is 16.1. The third-order valence-electron chi connectivity index (χ3n) is 6.41. The summed E-state index contributed by atoms with van der Waals surface area (Å²) >= 11 is 0. The van der Waals surface area contributed by atoms with Gasteiger partial charge in [0.05, 0.1) is 0 Å². The smallest absolute Gasteiger partial charge is 0.223 e. The van der Waals surface area contributed by atoms with Crippen LogP contribution >= 0.6 is 0 Å². The van der Waals surface area contributed by atoms with Gasteiger partial charge in [0.2, 0.25) is 5.91 Å². The van der Waals surface area contributed by atoms with E-state index in [1.165, 1.54) is 36.6 Å². The number of amides is 1. The van der Waals surface area contributed by atoms with Crippen molar-refractivity contribution >= 4 is 16.9 Å². The molecule has 4 rings (SSSR count). The van der Waals surface area contributed by atoms with Crippen molar-refractivity contribution in [1.82, 2.24) is 19.8 Å². The maximum absolute atomic E-state index is 12.5. The molecule has 2 aromatic heterocycles. The fourth-order valence-corrected chi connectivity index (χ4v) is 4.72. The summed E-state index contributed by atoms with van der Waals surface area (Å²) in [7, 11) is 0. The van der Waals surface area contributed by atoms with Crippen molar-refractivity contribution in [3.05, 3.63) is 30.1 Å².